The van der Waals surface area contributed by atoms with Crippen LogP contribution in [0.5, 0.6) is 0 Å². The number of hydrogen-bond acceptors (Lipinski definition) is 1. The molecule has 0 aliphatic rings. The van der Waals surface area contributed by atoms with Gasteiger partial charge in [0.2, 0.25) is 0 Å². The van der Waals surface area contributed by atoms with Crippen molar-refractivity contribution < 1.29 is 13.2 Å². The van der Waals surface area contributed by atoms with Gasteiger partial charge in [-0.05, 0) is 42.0 Å². The maximum atomic E-state index is 12.6. The molecule has 102 valence electrons. The van der Waals surface area contributed by atoms with E-state index >= 15 is 0 Å². The third kappa shape index (κ3) is 3.05. The maximum absolute atomic E-state index is 12.6. The van der Waals surface area contributed by atoms with E-state index in [0.29, 0.717) is 5.56 Å². The zero-order valence-electron chi connectivity index (χ0n) is 11.2. The highest BCUT2D eigenvalue weighted by molar-refractivity contribution is 5.35. The Morgan fingerprint density at radius 1 is 1.22 bits per heavy atom. The van der Waals surface area contributed by atoms with Crippen molar-refractivity contribution in [2.24, 2.45) is 11.1 Å². The minimum absolute atomic E-state index is 0.134. The minimum atomic E-state index is -4.30. The number of benzene rings is 1. The number of aryl methyl sites for hydroxylation is 1. The van der Waals surface area contributed by atoms with Crippen LogP contribution in [0.4, 0.5) is 13.2 Å². The Hall–Kier alpha value is -1.03. The van der Waals surface area contributed by atoms with E-state index in [1.54, 1.807) is 6.92 Å². The van der Waals surface area contributed by atoms with Gasteiger partial charge in [-0.15, -0.1) is 0 Å². The number of halogens is 3. The van der Waals surface area contributed by atoms with Crippen molar-refractivity contribution in [1.29, 1.82) is 0 Å². The summed E-state index contributed by atoms with van der Waals surface area (Å²) < 4.78 is 37.7. The quantitative estimate of drug-likeness (QED) is 0.852. The molecule has 0 fully saturated rings. The van der Waals surface area contributed by atoms with Crippen molar-refractivity contribution in [3.05, 3.63) is 34.9 Å². The van der Waals surface area contributed by atoms with Crippen LogP contribution in [0.1, 0.15) is 49.9 Å². The van der Waals surface area contributed by atoms with Gasteiger partial charge < -0.3 is 5.73 Å². The molecule has 0 aliphatic carbocycles. The lowest BCUT2D eigenvalue weighted by Crippen LogP contribution is -2.29. The molecule has 18 heavy (non-hydrogen) atoms. The second-order valence-electron chi connectivity index (χ2n) is 5.39. The van der Waals surface area contributed by atoms with Crippen LogP contribution in [-0.2, 0) is 6.18 Å². The Labute approximate surface area is 106 Å². The maximum Gasteiger partial charge on any atom is 0.416 e. The fourth-order valence-electron chi connectivity index (χ4n) is 1.84. The van der Waals surface area contributed by atoms with Gasteiger partial charge in [-0.25, -0.2) is 0 Å². The summed E-state index contributed by atoms with van der Waals surface area (Å²) in [5.41, 5.74) is 6.79. The zero-order valence-corrected chi connectivity index (χ0v) is 11.2. The van der Waals surface area contributed by atoms with Gasteiger partial charge in [0, 0.05) is 6.04 Å². The lowest BCUT2D eigenvalue weighted by Gasteiger charge is -2.32. The van der Waals surface area contributed by atoms with Crippen molar-refractivity contribution in [3.63, 3.8) is 0 Å². The number of rotatable bonds is 3. The fourth-order valence-corrected chi connectivity index (χ4v) is 1.84. The van der Waals surface area contributed by atoms with Crippen molar-refractivity contribution in [1.82, 2.24) is 0 Å². The molecule has 0 radical (unpaired) electrons. The summed E-state index contributed by atoms with van der Waals surface area (Å²) in [6, 6.07) is 3.51. The smallest absolute Gasteiger partial charge is 0.323 e. The molecule has 0 bridgehead atoms. The summed E-state index contributed by atoms with van der Waals surface area (Å²) in [7, 11) is 0. The first-order valence-corrected chi connectivity index (χ1v) is 6.03. The van der Waals surface area contributed by atoms with E-state index in [2.05, 4.69) is 0 Å². The monoisotopic (exact) mass is 259 g/mol. The summed E-state index contributed by atoms with van der Waals surface area (Å²) in [5, 5.41) is 0. The van der Waals surface area contributed by atoms with Crippen molar-refractivity contribution in [2.75, 3.05) is 0 Å². The summed E-state index contributed by atoms with van der Waals surface area (Å²) in [4.78, 5) is 0. The van der Waals surface area contributed by atoms with Crippen LogP contribution < -0.4 is 5.73 Å². The molecule has 1 unspecified atom stereocenters. The molecular weight excluding hydrogens is 239 g/mol. The van der Waals surface area contributed by atoms with Gasteiger partial charge in [0.15, 0.2) is 0 Å². The molecule has 0 saturated heterocycles. The standard InChI is InChI=1S/C14H20F3N/c1-5-13(3,4)12(18)11-7-6-10(8-9(11)2)14(15,16)17/h6-8,12H,5,18H2,1-4H3. The van der Waals surface area contributed by atoms with Crippen LogP contribution in [0.2, 0.25) is 0 Å². The van der Waals surface area contributed by atoms with Gasteiger partial charge in [0.05, 0.1) is 5.56 Å². The van der Waals surface area contributed by atoms with Crippen molar-refractivity contribution in [2.45, 2.75) is 46.3 Å². The molecule has 2 N–H and O–H groups in total. The molecule has 0 saturated carbocycles. The number of alkyl halides is 3. The van der Waals surface area contributed by atoms with Crippen LogP contribution in [0, 0.1) is 12.3 Å². The third-order valence-corrected chi connectivity index (χ3v) is 3.69. The molecule has 1 aromatic carbocycles. The Morgan fingerprint density at radius 2 is 1.78 bits per heavy atom. The van der Waals surface area contributed by atoms with Crippen LogP contribution in [-0.4, -0.2) is 0 Å². The predicted molar refractivity (Wildman–Crippen MR) is 67.2 cm³/mol. The Kier molecular flexibility index (Phi) is 4.11. The van der Waals surface area contributed by atoms with E-state index in [0.717, 1.165) is 18.1 Å². The fraction of sp³-hybridized carbons (Fsp3) is 0.571. The topological polar surface area (TPSA) is 26.0 Å². The van der Waals surface area contributed by atoms with Gasteiger partial charge in [-0.3, -0.25) is 0 Å². The van der Waals surface area contributed by atoms with E-state index in [4.69, 9.17) is 5.73 Å². The van der Waals surface area contributed by atoms with Gasteiger partial charge in [0.1, 0.15) is 0 Å². The molecule has 1 rings (SSSR count). The Balaban J connectivity index is 3.14. The minimum Gasteiger partial charge on any atom is -0.323 e. The van der Waals surface area contributed by atoms with Crippen LogP contribution in [0.15, 0.2) is 18.2 Å². The summed E-state index contributed by atoms with van der Waals surface area (Å²) in [6.07, 6.45) is -3.43. The van der Waals surface area contributed by atoms with Gasteiger partial charge in [0.25, 0.3) is 0 Å². The predicted octanol–water partition coefficient (Wildman–Crippen LogP) is 4.45. The third-order valence-electron chi connectivity index (χ3n) is 3.69. The molecule has 1 atom stereocenters. The molecule has 0 amide bonds. The molecular formula is C14H20F3N. The zero-order chi connectivity index (χ0) is 14.1. The highest BCUT2D eigenvalue weighted by Gasteiger charge is 2.32. The highest BCUT2D eigenvalue weighted by Crippen LogP contribution is 2.37. The molecule has 0 aliphatic heterocycles. The van der Waals surface area contributed by atoms with E-state index in [1.165, 1.54) is 12.1 Å². The molecule has 4 heteroatoms. The first-order valence-electron chi connectivity index (χ1n) is 6.03. The Morgan fingerprint density at radius 3 is 2.17 bits per heavy atom. The first-order chi connectivity index (χ1) is 8.09. The lowest BCUT2D eigenvalue weighted by molar-refractivity contribution is -0.137. The molecule has 0 heterocycles. The van der Waals surface area contributed by atoms with Crippen LogP contribution in [0.3, 0.4) is 0 Å². The SMILES string of the molecule is CCC(C)(C)C(N)c1ccc(C(F)(F)F)cc1C. The number of hydrogen-bond donors (Lipinski definition) is 1. The van der Waals surface area contributed by atoms with Gasteiger partial charge in [-0.2, -0.15) is 13.2 Å². The normalized spacial score (nSPS) is 14.7. The van der Waals surface area contributed by atoms with E-state index in [9.17, 15) is 13.2 Å². The summed E-state index contributed by atoms with van der Waals surface area (Å²) in [6.45, 7) is 7.75. The first kappa shape index (κ1) is 15.0. The van der Waals surface area contributed by atoms with Gasteiger partial charge in [-0.1, -0.05) is 26.8 Å². The van der Waals surface area contributed by atoms with Crippen LogP contribution in [0.25, 0.3) is 0 Å². The van der Waals surface area contributed by atoms with Gasteiger partial charge >= 0.3 is 6.18 Å². The summed E-state index contributed by atoms with van der Waals surface area (Å²) in [5.74, 6) is 0. The average molecular weight is 259 g/mol. The summed E-state index contributed by atoms with van der Waals surface area (Å²) >= 11 is 0. The van der Waals surface area contributed by atoms with Crippen LogP contribution >= 0.6 is 0 Å². The molecule has 0 aromatic heterocycles. The van der Waals surface area contributed by atoms with E-state index in [1.807, 2.05) is 20.8 Å². The second-order valence-corrected chi connectivity index (χ2v) is 5.39. The van der Waals surface area contributed by atoms with E-state index < -0.39 is 11.7 Å². The molecule has 0 spiro atoms. The second kappa shape index (κ2) is 4.92. The molecule has 1 aromatic rings. The van der Waals surface area contributed by atoms with E-state index in [-0.39, 0.29) is 11.5 Å². The van der Waals surface area contributed by atoms with Crippen molar-refractivity contribution in [3.8, 4) is 0 Å². The lowest BCUT2D eigenvalue weighted by atomic mass is 9.77. The Bertz CT molecular complexity index is 422. The average Bonchev–Trinajstić information content (AvgIpc) is 2.26. The number of nitrogens with two attached hydrogens (primary N) is 1. The molecule has 1 nitrogen and oxygen atoms in total. The largest absolute Gasteiger partial charge is 0.416 e. The van der Waals surface area contributed by atoms with Crippen molar-refractivity contribution >= 4 is 0 Å². The highest BCUT2D eigenvalue weighted by atomic mass is 19.4.